The topological polar surface area (TPSA) is 71.8 Å². The summed E-state index contributed by atoms with van der Waals surface area (Å²) in [6, 6.07) is 0.0485. The van der Waals surface area contributed by atoms with Crippen molar-refractivity contribution >= 4 is 23.7 Å². The predicted octanol–water partition coefficient (Wildman–Crippen LogP) is 0.442. The number of aryl methyl sites for hydroxylation is 1. The van der Waals surface area contributed by atoms with Crippen molar-refractivity contribution in [3.8, 4) is 0 Å². The van der Waals surface area contributed by atoms with Gasteiger partial charge in [-0.3, -0.25) is 10.00 Å². The van der Waals surface area contributed by atoms with Gasteiger partial charge in [-0.15, -0.1) is 5.10 Å². The summed E-state index contributed by atoms with van der Waals surface area (Å²) in [4.78, 5) is 15.4. The zero-order valence-corrected chi connectivity index (χ0v) is 9.25. The van der Waals surface area contributed by atoms with Crippen LogP contribution in [0.25, 0.3) is 0 Å². The van der Waals surface area contributed by atoms with Gasteiger partial charge in [0.2, 0.25) is 5.95 Å². The molecule has 0 aromatic carbocycles. The number of urea groups is 1. The second kappa shape index (κ2) is 4.52. The Morgan fingerprint density at radius 1 is 1.73 bits per heavy atom. The minimum Gasteiger partial charge on any atom is -0.334 e. The molecule has 1 aliphatic rings. The molecule has 2 rings (SSSR count). The molecule has 15 heavy (non-hydrogen) atoms. The van der Waals surface area contributed by atoms with E-state index in [1.54, 1.807) is 18.1 Å². The van der Waals surface area contributed by atoms with E-state index in [2.05, 4.69) is 20.7 Å². The smallest absolute Gasteiger partial charge is 0.321 e. The highest BCUT2D eigenvalue weighted by atomic mass is 32.2. The Kier molecular flexibility index (Phi) is 3.10. The molecule has 1 fully saturated rings. The van der Waals surface area contributed by atoms with Crippen LogP contribution in [0.2, 0.25) is 0 Å². The first-order valence-electron chi connectivity index (χ1n) is 4.75. The standard InChI is InChI=1S/C8H13N5OS/c1-13-5-9-7(12-13)11-8(14)10-6-2-3-15-4-6/h5-6H,2-4H2,1H3,(H2,10,11,12,14). The van der Waals surface area contributed by atoms with Gasteiger partial charge in [-0.2, -0.15) is 11.8 Å². The highest BCUT2D eigenvalue weighted by molar-refractivity contribution is 7.99. The number of nitrogens with zero attached hydrogens (tertiary/aromatic N) is 3. The SMILES string of the molecule is Cn1cnc(NC(=O)NC2CCSC2)n1. The molecule has 0 aliphatic carbocycles. The van der Waals surface area contributed by atoms with Crippen LogP contribution in [-0.4, -0.2) is 38.3 Å². The van der Waals surface area contributed by atoms with Crippen molar-refractivity contribution in [1.82, 2.24) is 20.1 Å². The number of nitrogens with one attached hydrogen (secondary N) is 2. The third-order valence-corrected chi connectivity index (χ3v) is 3.25. The van der Waals surface area contributed by atoms with Crippen molar-refractivity contribution in [2.24, 2.45) is 7.05 Å². The van der Waals surface area contributed by atoms with E-state index in [1.165, 1.54) is 0 Å². The summed E-state index contributed by atoms with van der Waals surface area (Å²) in [5.41, 5.74) is 0. The molecule has 0 bridgehead atoms. The van der Waals surface area contributed by atoms with Crippen molar-refractivity contribution in [3.63, 3.8) is 0 Å². The monoisotopic (exact) mass is 227 g/mol. The first-order chi connectivity index (χ1) is 7.24. The van der Waals surface area contributed by atoms with Crippen molar-refractivity contribution in [2.75, 3.05) is 16.8 Å². The van der Waals surface area contributed by atoms with Crippen LogP contribution in [0, 0.1) is 0 Å². The maximum absolute atomic E-state index is 11.5. The van der Waals surface area contributed by atoms with Crippen LogP contribution in [0.15, 0.2) is 6.33 Å². The Bertz CT molecular complexity index is 347. The van der Waals surface area contributed by atoms with Gasteiger partial charge in [-0.05, 0) is 12.2 Å². The molecule has 0 saturated carbocycles. The number of aromatic nitrogens is 3. The Labute approximate surface area is 91.8 Å². The maximum Gasteiger partial charge on any atom is 0.321 e. The lowest BCUT2D eigenvalue weighted by atomic mass is 10.3. The zero-order valence-electron chi connectivity index (χ0n) is 8.43. The molecule has 7 heteroatoms. The quantitative estimate of drug-likeness (QED) is 0.769. The van der Waals surface area contributed by atoms with E-state index >= 15 is 0 Å². The fourth-order valence-electron chi connectivity index (χ4n) is 1.37. The van der Waals surface area contributed by atoms with Gasteiger partial charge in [-0.25, -0.2) is 9.78 Å². The Balaban J connectivity index is 1.81. The second-order valence-electron chi connectivity index (χ2n) is 3.40. The molecule has 1 aromatic heterocycles. The normalized spacial score (nSPS) is 20.2. The molecule has 1 saturated heterocycles. The van der Waals surface area contributed by atoms with Crippen LogP contribution in [0.4, 0.5) is 10.7 Å². The first-order valence-corrected chi connectivity index (χ1v) is 5.90. The lowest BCUT2D eigenvalue weighted by Crippen LogP contribution is -2.38. The van der Waals surface area contributed by atoms with Gasteiger partial charge in [-0.1, -0.05) is 0 Å². The molecule has 1 aromatic rings. The highest BCUT2D eigenvalue weighted by Gasteiger charge is 2.17. The van der Waals surface area contributed by atoms with Crippen LogP contribution in [0.3, 0.4) is 0 Å². The number of hydrogen-bond donors (Lipinski definition) is 2. The number of hydrogen-bond acceptors (Lipinski definition) is 4. The molecule has 2 heterocycles. The van der Waals surface area contributed by atoms with Crippen LogP contribution in [-0.2, 0) is 7.05 Å². The summed E-state index contributed by atoms with van der Waals surface area (Å²) in [7, 11) is 1.75. The van der Waals surface area contributed by atoms with Gasteiger partial charge in [0.05, 0.1) is 0 Å². The number of anilines is 1. The van der Waals surface area contributed by atoms with E-state index in [4.69, 9.17) is 0 Å². The summed E-state index contributed by atoms with van der Waals surface area (Å²) in [6.45, 7) is 0. The average molecular weight is 227 g/mol. The second-order valence-corrected chi connectivity index (χ2v) is 4.55. The molecular weight excluding hydrogens is 214 g/mol. The lowest BCUT2D eigenvalue weighted by Gasteiger charge is -2.10. The molecule has 2 amide bonds. The van der Waals surface area contributed by atoms with E-state index in [0.717, 1.165) is 17.9 Å². The summed E-state index contributed by atoms with van der Waals surface area (Å²) in [5.74, 6) is 2.44. The number of thioether (sulfide) groups is 1. The molecular formula is C8H13N5OS. The van der Waals surface area contributed by atoms with E-state index in [9.17, 15) is 4.79 Å². The summed E-state index contributed by atoms with van der Waals surface area (Å²) in [6.07, 6.45) is 2.58. The molecule has 0 spiro atoms. The van der Waals surface area contributed by atoms with E-state index in [1.807, 2.05) is 11.8 Å². The van der Waals surface area contributed by atoms with Crippen molar-refractivity contribution < 1.29 is 4.79 Å². The summed E-state index contributed by atoms with van der Waals surface area (Å²) < 4.78 is 1.54. The van der Waals surface area contributed by atoms with Crippen LogP contribution >= 0.6 is 11.8 Å². The van der Waals surface area contributed by atoms with Crippen LogP contribution in [0.1, 0.15) is 6.42 Å². The molecule has 0 radical (unpaired) electrons. The van der Waals surface area contributed by atoms with Gasteiger partial charge in [0.15, 0.2) is 0 Å². The Hall–Kier alpha value is -1.24. The summed E-state index contributed by atoms with van der Waals surface area (Å²) in [5, 5.41) is 9.42. The minimum absolute atomic E-state index is 0.228. The Morgan fingerprint density at radius 3 is 3.20 bits per heavy atom. The molecule has 2 N–H and O–H groups in total. The highest BCUT2D eigenvalue weighted by Crippen LogP contribution is 2.16. The predicted molar refractivity (Wildman–Crippen MR) is 58.9 cm³/mol. The molecule has 1 atom stereocenters. The van der Waals surface area contributed by atoms with Crippen molar-refractivity contribution in [1.29, 1.82) is 0 Å². The first kappa shape index (κ1) is 10.3. The molecule has 1 aliphatic heterocycles. The number of carbonyl (C=O) groups excluding carboxylic acids is 1. The van der Waals surface area contributed by atoms with Crippen LogP contribution < -0.4 is 10.6 Å². The lowest BCUT2D eigenvalue weighted by molar-refractivity contribution is 0.249. The van der Waals surface area contributed by atoms with Gasteiger partial charge in [0.25, 0.3) is 0 Å². The molecule has 82 valence electrons. The molecule has 1 unspecified atom stereocenters. The van der Waals surface area contributed by atoms with E-state index in [-0.39, 0.29) is 12.1 Å². The number of amides is 2. The van der Waals surface area contributed by atoms with E-state index < -0.39 is 0 Å². The third-order valence-electron chi connectivity index (χ3n) is 2.09. The van der Waals surface area contributed by atoms with Gasteiger partial charge in [0, 0.05) is 18.8 Å². The number of carbonyl (C=O) groups is 1. The fourth-order valence-corrected chi connectivity index (χ4v) is 2.52. The van der Waals surface area contributed by atoms with Crippen LogP contribution in [0.5, 0.6) is 0 Å². The summed E-state index contributed by atoms with van der Waals surface area (Å²) >= 11 is 1.86. The van der Waals surface area contributed by atoms with Gasteiger partial charge >= 0.3 is 6.03 Å². The van der Waals surface area contributed by atoms with Crippen molar-refractivity contribution in [3.05, 3.63) is 6.33 Å². The molecule has 6 nitrogen and oxygen atoms in total. The Morgan fingerprint density at radius 2 is 2.60 bits per heavy atom. The van der Waals surface area contributed by atoms with Gasteiger partial charge < -0.3 is 5.32 Å². The fraction of sp³-hybridized carbons (Fsp3) is 0.625. The van der Waals surface area contributed by atoms with Gasteiger partial charge in [0.1, 0.15) is 6.33 Å². The number of rotatable bonds is 2. The maximum atomic E-state index is 11.5. The third kappa shape index (κ3) is 2.85. The average Bonchev–Trinajstić information content (AvgIpc) is 2.77. The minimum atomic E-state index is -0.228. The largest absolute Gasteiger partial charge is 0.334 e. The van der Waals surface area contributed by atoms with E-state index in [0.29, 0.717) is 5.95 Å². The zero-order chi connectivity index (χ0) is 10.7. The van der Waals surface area contributed by atoms with Crippen molar-refractivity contribution in [2.45, 2.75) is 12.5 Å².